The fraction of sp³-hybridized carbons (Fsp3) is 0.231. The van der Waals surface area contributed by atoms with Crippen LogP contribution in [-0.2, 0) is 16.1 Å². The van der Waals surface area contributed by atoms with Crippen molar-refractivity contribution in [2.24, 2.45) is 0 Å². The fourth-order valence-corrected chi connectivity index (χ4v) is 3.87. The average Bonchev–Trinajstić information content (AvgIpc) is 3.31. The number of furan rings is 1. The maximum absolute atomic E-state index is 13.4. The van der Waals surface area contributed by atoms with Crippen LogP contribution in [0, 0.1) is 12.7 Å². The zero-order valence-electron chi connectivity index (χ0n) is 18.5. The summed E-state index contributed by atoms with van der Waals surface area (Å²) in [5.41, 5.74) is 0.915. The number of likely N-dealkylation sites (tertiary alicyclic amines) is 1. The van der Waals surface area contributed by atoms with Gasteiger partial charge in [0.15, 0.2) is 0 Å². The molecule has 1 unspecified atom stereocenters. The molecule has 1 aliphatic heterocycles. The minimum atomic E-state index is -0.932. The number of ether oxygens (including phenoxy) is 1. The standard InChI is InChI=1S/C26H24FNO5/c1-15(2)32-20-6-4-5-18(13-20)24(29)22-23(21-12-7-16(3)33-21)28(26(31)25(22)30)14-17-8-10-19(27)11-9-17/h4-13,15,23,29H,14H2,1-3H3/b24-22-. The van der Waals surface area contributed by atoms with Crippen LogP contribution in [0.1, 0.15) is 42.5 Å². The quantitative estimate of drug-likeness (QED) is 0.320. The molecule has 0 saturated carbocycles. The van der Waals surface area contributed by atoms with Gasteiger partial charge in [0.1, 0.15) is 34.9 Å². The van der Waals surface area contributed by atoms with Gasteiger partial charge in [0.05, 0.1) is 11.7 Å². The molecule has 1 N–H and O–H groups in total. The summed E-state index contributed by atoms with van der Waals surface area (Å²) in [4.78, 5) is 27.4. The van der Waals surface area contributed by atoms with Gasteiger partial charge in [0, 0.05) is 12.1 Å². The van der Waals surface area contributed by atoms with Crippen molar-refractivity contribution in [3.63, 3.8) is 0 Å². The molecule has 1 aromatic heterocycles. The minimum Gasteiger partial charge on any atom is -0.507 e. The molecule has 0 bridgehead atoms. The van der Waals surface area contributed by atoms with Gasteiger partial charge >= 0.3 is 0 Å². The molecule has 4 rings (SSSR count). The third-order valence-corrected chi connectivity index (χ3v) is 5.32. The number of rotatable bonds is 6. The number of ketones is 1. The van der Waals surface area contributed by atoms with Crippen LogP contribution in [0.5, 0.6) is 5.75 Å². The molecule has 1 fully saturated rings. The summed E-state index contributed by atoms with van der Waals surface area (Å²) < 4.78 is 24.8. The van der Waals surface area contributed by atoms with Crippen LogP contribution in [0.3, 0.4) is 0 Å². The van der Waals surface area contributed by atoms with E-state index in [1.807, 2.05) is 13.8 Å². The Morgan fingerprint density at radius 2 is 1.85 bits per heavy atom. The number of aliphatic hydroxyl groups is 1. The molecule has 0 radical (unpaired) electrons. The molecule has 0 aliphatic carbocycles. The van der Waals surface area contributed by atoms with Gasteiger partial charge in [-0.2, -0.15) is 0 Å². The Bertz CT molecular complexity index is 1230. The summed E-state index contributed by atoms with van der Waals surface area (Å²) in [7, 11) is 0. The topological polar surface area (TPSA) is 80.0 Å². The maximum Gasteiger partial charge on any atom is 0.296 e. The highest BCUT2D eigenvalue weighted by Gasteiger charge is 2.47. The third kappa shape index (κ3) is 4.53. The van der Waals surface area contributed by atoms with E-state index in [-0.39, 0.29) is 24.0 Å². The molecule has 2 aromatic carbocycles. The first-order valence-corrected chi connectivity index (χ1v) is 10.6. The Balaban J connectivity index is 1.81. The number of aryl methyl sites for hydroxylation is 1. The monoisotopic (exact) mass is 449 g/mol. The highest BCUT2D eigenvalue weighted by molar-refractivity contribution is 6.46. The third-order valence-electron chi connectivity index (χ3n) is 5.32. The van der Waals surface area contributed by atoms with E-state index in [4.69, 9.17) is 9.15 Å². The first kappa shape index (κ1) is 22.3. The van der Waals surface area contributed by atoms with E-state index in [0.717, 1.165) is 0 Å². The SMILES string of the molecule is Cc1ccc(C2/C(=C(/O)c3cccc(OC(C)C)c3)C(=O)C(=O)N2Cc2ccc(F)cc2)o1. The number of aliphatic hydroxyl groups excluding tert-OH is 1. The zero-order chi connectivity index (χ0) is 23.7. The van der Waals surface area contributed by atoms with Gasteiger partial charge in [-0.3, -0.25) is 9.59 Å². The molecule has 1 amide bonds. The van der Waals surface area contributed by atoms with Gasteiger partial charge in [0.25, 0.3) is 11.7 Å². The summed E-state index contributed by atoms with van der Waals surface area (Å²) in [6, 6.07) is 14.9. The Hall–Kier alpha value is -3.87. The minimum absolute atomic E-state index is 0.0442. The molecule has 3 aromatic rings. The van der Waals surface area contributed by atoms with Crippen molar-refractivity contribution in [3.8, 4) is 5.75 Å². The van der Waals surface area contributed by atoms with Gasteiger partial charge in [-0.05, 0) is 62.7 Å². The molecule has 1 saturated heterocycles. The number of halogens is 1. The van der Waals surface area contributed by atoms with Gasteiger partial charge in [-0.25, -0.2) is 4.39 Å². The molecule has 6 nitrogen and oxygen atoms in total. The molecule has 1 atom stereocenters. The lowest BCUT2D eigenvalue weighted by Crippen LogP contribution is -2.29. The largest absolute Gasteiger partial charge is 0.507 e. The van der Waals surface area contributed by atoms with Gasteiger partial charge in [0.2, 0.25) is 0 Å². The van der Waals surface area contributed by atoms with E-state index >= 15 is 0 Å². The summed E-state index contributed by atoms with van der Waals surface area (Å²) >= 11 is 0. The molecule has 33 heavy (non-hydrogen) atoms. The van der Waals surface area contributed by atoms with Crippen molar-refractivity contribution in [3.05, 3.63) is 94.7 Å². The van der Waals surface area contributed by atoms with Crippen LogP contribution in [0.4, 0.5) is 4.39 Å². The van der Waals surface area contributed by atoms with Crippen LogP contribution in [0.15, 0.2) is 70.7 Å². The molecule has 7 heteroatoms. The van der Waals surface area contributed by atoms with E-state index in [1.165, 1.54) is 17.0 Å². The lowest BCUT2D eigenvalue weighted by atomic mass is 9.99. The Morgan fingerprint density at radius 1 is 1.12 bits per heavy atom. The number of nitrogens with zero attached hydrogens (tertiary/aromatic N) is 1. The predicted molar refractivity (Wildman–Crippen MR) is 120 cm³/mol. The van der Waals surface area contributed by atoms with Crippen molar-refractivity contribution in [2.45, 2.75) is 39.5 Å². The van der Waals surface area contributed by atoms with E-state index in [9.17, 15) is 19.1 Å². The zero-order valence-corrected chi connectivity index (χ0v) is 18.5. The molecular formula is C26H24FNO5. The highest BCUT2D eigenvalue weighted by atomic mass is 19.1. The maximum atomic E-state index is 13.4. The van der Waals surface area contributed by atoms with Crippen molar-refractivity contribution in [1.29, 1.82) is 0 Å². The number of hydrogen-bond acceptors (Lipinski definition) is 5. The Labute approximate surface area is 190 Å². The molecule has 170 valence electrons. The molecule has 0 spiro atoms. The number of benzene rings is 2. The lowest BCUT2D eigenvalue weighted by molar-refractivity contribution is -0.140. The van der Waals surface area contributed by atoms with Crippen LogP contribution >= 0.6 is 0 Å². The average molecular weight is 449 g/mol. The molecular weight excluding hydrogens is 425 g/mol. The van der Waals surface area contributed by atoms with Crippen molar-refractivity contribution in [1.82, 2.24) is 4.90 Å². The normalized spacial score (nSPS) is 17.7. The second-order valence-electron chi connectivity index (χ2n) is 8.20. The highest BCUT2D eigenvalue weighted by Crippen LogP contribution is 2.41. The summed E-state index contributed by atoms with van der Waals surface area (Å²) in [5, 5.41) is 11.2. The van der Waals surface area contributed by atoms with E-state index in [0.29, 0.717) is 28.4 Å². The van der Waals surface area contributed by atoms with Crippen LogP contribution in [0.25, 0.3) is 5.76 Å². The van der Waals surface area contributed by atoms with Crippen LogP contribution in [0.2, 0.25) is 0 Å². The van der Waals surface area contributed by atoms with Gasteiger partial charge in [-0.15, -0.1) is 0 Å². The van der Waals surface area contributed by atoms with E-state index in [1.54, 1.807) is 55.5 Å². The van der Waals surface area contributed by atoms with Crippen molar-refractivity contribution >= 4 is 17.4 Å². The first-order valence-electron chi connectivity index (χ1n) is 10.6. The summed E-state index contributed by atoms with van der Waals surface area (Å²) in [5.74, 6) is -0.821. The predicted octanol–water partition coefficient (Wildman–Crippen LogP) is 5.14. The van der Waals surface area contributed by atoms with E-state index < -0.39 is 23.5 Å². The Morgan fingerprint density at radius 3 is 2.48 bits per heavy atom. The van der Waals surface area contributed by atoms with Crippen LogP contribution < -0.4 is 4.74 Å². The van der Waals surface area contributed by atoms with Gasteiger partial charge < -0.3 is 19.2 Å². The summed E-state index contributed by atoms with van der Waals surface area (Å²) in [6.07, 6.45) is -0.0743. The Kier molecular flexibility index (Phi) is 6.05. The first-order chi connectivity index (χ1) is 15.7. The van der Waals surface area contributed by atoms with Crippen molar-refractivity contribution < 1.29 is 28.2 Å². The lowest BCUT2D eigenvalue weighted by Gasteiger charge is -2.23. The number of amides is 1. The second-order valence-corrected chi connectivity index (χ2v) is 8.20. The van der Waals surface area contributed by atoms with Gasteiger partial charge in [-0.1, -0.05) is 24.3 Å². The number of carbonyl (C=O) groups is 2. The molecule has 1 aliphatic rings. The fourth-order valence-electron chi connectivity index (χ4n) is 3.87. The number of carbonyl (C=O) groups excluding carboxylic acids is 2. The summed E-state index contributed by atoms with van der Waals surface area (Å²) in [6.45, 7) is 5.56. The number of Topliss-reactive ketones (excluding diaryl/α,β-unsaturated/α-hetero) is 1. The smallest absolute Gasteiger partial charge is 0.296 e. The molecule has 2 heterocycles. The van der Waals surface area contributed by atoms with E-state index in [2.05, 4.69) is 0 Å². The van der Waals surface area contributed by atoms with Crippen molar-refractivity contribution in [2.75, 3.05) is 0 Å². The second kappa shape index (κ2) is 8.94. The van der Waals surface area contributed by atoms with Crippen LogP contribution in [-0.4, -0.2) is 27.8 Å². The number of hydrogen-bond donors (Lipinski definition) is 1.